The van der Waals surface area contributed by atoms with Gasteiger partial charge in [-0.05, 0) is 17.7 Å². The van der Waals surface area contributed by atoms with Crippen molar-refractivity contribution in [3.8, 4) is 5.82 Å². The summed E-state index contributed by atoms with van der Waals surface area (Å²) in [5.74, 6) is 1.90. The normalized spacial score (nSPS) is 10.4. The van der Waals surface area contributed by atoms with Crippen LogP contribution in [0.4, 0.5) is 0 Å². The predicted octanol–water partition coefficient (Wildman–Crippen LogP) is 2.86. The van der Waals surface area contributed by atoms with E-state index in [0.29, 0.717) is 0 Å². The Hall–Kier alpha value is -2.42. The predicted molar refractivity (Wildman–Crippen MR) is 70.6 cm³/mol. The zero-order valence-corrected chi connectivity index (χ0v) is 9.90. The number of nitrogens with zero attached hydrogens (tertiary/aromatic N) is 3. The number of pyridine rings is 1. The summed E-state index contributed by atoms with van der Waals surface area (Å²) in [5, 5.41) is 0. The molecule has 0 fully saturated rings. The van der Waals surface area contributed by atoms with E-state index in [-0.39, 0.29) is 0 Å². The van der Waals surface area contributed by atoms with Crippen LogP contribution in [0.5, 0.6) is 0 Å². The van der Waals surface area contributed by atoms with Gasteiger partial charge in [0.1, 0.15) is 11.6 Å². The number of aromatic nitrogens is 3. The third-order valence-corrected chi connectivity index (χ3v) is 2.82. The van der Waals surface area contributed by atoms with Gasteiger partial charge in [0, 0.05) is 25.0 Å². The summed E-state index contributed by atoms with van der Waals surface area (Å²) >= 11 is 0. The molecule has 0 N–H and O–H groups in total. The van der Waals surface area contributed by atoms with Gasteiger partial charge < -0.3 is 0 Å². The molecule has 0 radical (unpaired) electrons. The first-order valence-corrected chi connectivity index (χ1v) is 5.91. The highest BCUT2D eigenvalue weighted by Gasteiger charge is 2.06. The molecule has 3 aromatic rings. The van der Waals surface area contributed by atoms with Crippen molar-refractivity contribution in [3.63, 3.8) is 0 Å². The maximum Gasteiger partial charge on any atom is 0.137 e. The molecular formula is C15H13N3. The SMILES string of the molecule is c1ccc(Cc2nccn2-c2ccccn2)cc1. The minimum absolute atomic E-state index is 0.810. The van der Waals surface area contributed by atoms with Crippen LogP contribution in [0.25, 0.3) is 5.82 Å². The van der Waals surface area contributed by atoms with Crippen LogP contribution < -0.4 is 0 Å². The lowest BCUT2D eigenvalue weighted by atomic mass is 10.1. The minimum atomic E-state index is 0.810. The van der Waals surface area contributed by atoms with Crippen LogP contribution in [0.1, 0.15) is 11.4 Å². The quantitative estimate of drug-likeness (QED) is 0.699. The molecule has 0 saturated carbocycles. The molecule has 0 aliphatic carbocycles. The smallest absolute Gasteiger partial charge is 0.137 e. The second kappa shape index (κ2) is 4.84. The fraction of sp³-hybridized carbons (Fsp3) is 0.0667. The Balaban J connectivity index is 1.93. The number of hydrogen-bond donors (Lipinski definition) is 0. The lowest BCUT2D eigenvalue weighted by Gasteiger charge is -2.06. The van der Waals surface area contributed by atoms with Gasteiger partial charge in [0.15, 0.2) is 0 Å². The molecule has 0 spiro atoms. The van der Waals surface area contributed by atoms with Crippen molar-refractivity contribution in [1.29, 1.82) is 0 Å². The molecule has 18 heavy (non-hydrogen) atoms. The lowest BCUT2D eigenvalue weighted by molar-refractivity contribution is 0.886. The third-order valence-electron chi connectivity index (χ3n) is 2.82. The topological polar surface area (TPSA) is 30.7 Å². The number of rotatable bonds is 3. The summed E-state index contributed by atoms with van der Waals surface area (Å²) in [6.45, 7) is 0. The van der Waals surface area contributed by atoms with E-state index < -0.39 is 0 Å². The summed E-state index contributed by atoms with van der Waals surface area (Å²) in [7, 11) is 0. The van der Waals surface area contributed by atoms with Gasteiger partial charge in [-0.15, -0.1) is 0 Å². The molecule has 88 valence electrons. The van der Waals surface area contributed by atoms with E-state index in [1.165, 1.54) is 5.56 Å². The first-order chi connectivity index (χ1) is 8.93. The van der Waals surface area contributed by atoms with E-state index in [0.717, 1.165) is 18.1 Å². The van der Waals surface area contributed by atoms with E-state index in [2.05, 4.69) is 22.1 Å². The van der Waals surface area contributed by atoms with Crippen molar-refractivity contribution in [3.05, 3.63) is 78.5 Å². The van der Waals surface area contributed by atoms with Crippen molar-refractivity contribution >= 4 is 0 Å². The number of imidazole rings is 1. The Morgan fingerprint density at radius 3 is 2.44 bits per heavy atom. The van der Waals surface area contributed by atoms with E-state index in [9.17, 15) is 0 Å². The molecule has 3 heteroatoms. The van der Waals surface area contributed by atoms with Gasteiger partial charge in [-0.25, -0.2) is 9.97 Å². The average molecular weight is 235 g/mol. The Morgan fingerprint density at radius 2 is 1.67 bits per heavy atom. The Morgan fingerprint density at radius 1 is 0.833 bits per heavy atom. The highest BCUT2D eigenvalue weighted by Crippen LogP contribution is 2.11. The standard InChI is InChI=1S/C15H13N3/c1-2-6-13(7-3-1)12-15-17-10-11-18(15)14-8-4-5-9-16-14/h1-11H,12H2. The monoisotopic (exact) mass is 235 g/mol. The molecule has 2 heterocycles. The van der Waals surface area contributed by atoms with Crippen LogP contribution in [-0.4, -0.2) is 14.5 Å². The van der Waals surface area contributed by atoms with Gasteiger partial charge in [0.25, 0.3) is 0 Å². The molecule has 3 rings (SSSR count). The van der Waals surface area contributed by atoms with Crippen molar-refractivity contribution in [2.75, 3.05) is 0 Å². The van der Waals surface area contributed by atoms with E-state index in [4.69, 9.17) is 0 Å². The first kappa shape index (κ1) is 10.7. The molecule has 0 amide bonds. The van der Waals surface area contributed by atoms with Crippen LogP contribution in [0.3, 0.4) is 0 Å². The van der Waals surface area contributed by atoms with E-state index >= 15 is 0 Å². The summed E-state index contributed by atoms with van der Waals surface area (Å²) < 4.78 is 2.02. The molecule has 0 bridgehead atoms. The second-order valence-electron chi connectivity index (χ2n) is 4.06. The van der Waals surface area contributed by atoms with Crippen LogP contribution in [0.2, 0.25) is 0 Å². The molecule has 0 aliphatic heterocycles. The van der Waals surface area contributed by atoms with Crippen LogP contribution in [0.15, 0.2) is 67.1 Å². The van der Waals surface area contributed by atoms with Gasteiger partial charge in [-0.1, -0.05) is 36.4 Å². The summed E-state index contributed by atoms with van der Waals surface area (Å²) in [5.41, 5.74) is 1.25. The Labute approximate surface area is 106 Å². The highest BCUT2D eigenvalue weighted by molar-refractivity contribution is 5.27. The molecular weight excluding hydrogens is 222 g/mol. The first-order valence-electron chi connectivity index (χ1n) is 5.91. The van der Waals surface area contributed by atoms with Crippen molar-refractivity contribution < 1.29 is 0 Å². The average Bonchev–Trinajstić information content (AvgIpc) is 2.89. The van der Waals surface area contributed by atoms with E-state index in [1.54, 1.807) is 6.20 Å². The molecule has 1 aromatic carbocycles. The largest absolute Gasteiger partial charge is 0.288 e. The second-order valence-corrected chi connectivity index (χ2v) is 4.06. The Bertz CT molecular complexity index is 615. The molecule has 0 atom stereocenters. The molecule has 3 nitrogen and oxygen atoms in total. The van der Waals surface area contributed by atoms with Gasteiger partial charge >= 0.3 is 0 Å². The van der Waals surface area contributed by atoms with Crippen molar-refractivity contribution in [1.82, 2.24) is 14.5 Å². The highest BCUT2D eigenvalue weighted by atomic mass is 15.1. The number of benzene rings is 1. The summed E-state index contributed by atoms with van der Waals surface area (Å²) in [4.78, 5) is 8.76. The number of hydrogen-bond acceptors (Lipinski definition) is 2. The zero-order valence-electron chi connectivity index (χ0n) is 9.90. The van der Waals surface area contributed by atoms with Crippen LogP contribution in [0, 0.1) is 0 Å². The van der Waals surface area contributed by atoms with E-state index in [1.807, 2.05) is 53.4 Å². The van der Waals surface area contributed by atoms with Crippen LogP contribution in [-0.2, 0) is 6.42 Å². The maximum absolute atomic E-state index is 4.41. The van der Waals surface area contributed by atoms with Gasteiger partial charge in [0.2, 0.25) is 0 Å². The third kappa shape index (κ3) is 2.15. The van der Waals surface area contributed by atoms with Gasteiger partial charge in [-0.2, -0.15) is 0 Å². The fourth-order valence-corrected chi connectivity index (χ4v) is 1.95. The minimum Gasteiger partial charge on any atom is -0.288 e. The molecule has 0 unspecified atom stereocenters. The van der Waals surface area contributed by atoms with Gasteiger partial charge in [-0.3, -0.25) is 4.57 Å². The lowest BCUT2D eigenvalue weighted by Crippen LogP contribution is -2.02. The summed E-state index contributed by atoms with van der Waals surface area (Å²) in [6, 6.07) is 16.2. The Kier molecular flexibility index (Phi) is 2.88. The summed E-state index contributed by atoms with van der Waals surface area (Å²) in [6.07, 6.45) is 6.36. The molecule has 0 aliphatic rings. The molecule has 2 aromatic heterocycles. The molecule has 0 saturated heterocycles. The van der Waals surface area contributed by atoms with Gasteiger partial charge in [0.05, 0.1) is 0 Å². The van der Waals surface area contributed by atoms with Crippen LogP contribution >= 0.6 is 0 Å². The van der Waals surface area contributed by atoms with Crippen molar-refractivity contribution in [2.24, 2.45) is 0 Å². The van der Waals surface area contributed by atoms with Crippen molar-refractivity contribution in [2.45, 2.75) is 6.42 Å². The fourth-order valence-electron chi connectivity index (χ4n) is 1.95. The maximum atomic E-state index is 4.41. The zero-order chi connectivity index (χ0) is 12.2.